The van der Waals surface area contributed by atoms with E-state index in [0.717, 1.165) is 27.0 Å². The van der Waals surface area contributed by atoms with Crippen LogP contribution in [0, 0.1) is 0 Å². The minimum atomic E-state index is -0.0518. The quantitative estimate of drug-likeness (QED) is 0.640. The Bertz CT molecular complexity index is 511. The maximum Gasteiger partial charge on any atom is 0.0636 e. The second-order valence-electron chi connectivity index (χ2n) is 3.82. The summed E-state index contributed by atoms with van der Waals surface area (Å²) in [6.45, 7) is 0. The minimum absolute atomic E-state index is 0.0518. The Hall–Kier alpha value is -0.500. The predicted octanol–water partition coefficient (Wildman–Crippen LogP) is 5.63. The molecule has 0 spiro atoms. The summed E-state index contributed by atoms with van der Waals surface area (Å²) in [5.41, 5.74) is 2.25. The Labute approximate surface area is 120 Å². The summed E-state index contributed by atoms with van der Waals surface area (Å²) in [6, 6.07) is 15.8. The SMILES string of the molecule is Clc1cccc(CC(Cl)c2ccccc2Br)c1. The van der Waals surface area contributed by atoms with E-state index in [4.69, 9.17) is 23.2 Å². The number of alkyl halides is 1. The highest BCUT2D eigenvalue weighted by Crippen LogP contribution is 2.31. The van der Waals surface area contributed by atoms with E-state index < -0.39 is 0 Å². The molecule has 2 aromatic rings. The van der Waals surface area contributed by atoms with Crippen molar-refractivity contribution in [2.45, 2.75) is 11.8 Å². The molecule has 1 unspecified atom stereocenters. The van der Waals surface area contributed by atoms with Gasteiger partial charge in [-0.15, -0.1) is 11.6 Å². The van der Waals surface area contributed by atoms with Crippen LogP contribution in [0.15, 0.2) is 53.0 Å². The van der Waals surface area contributed by atoms with E-state index >= 15 is 0 Å². The van der Waals surface area contributed by atoms with Crippen LogP contribution in [-0.2, 0) is 6.42 Å². The van der Waals surface area contributed by atoms with Crippen LogP contribution in [0.25, 0.3) is 0 Å². The fraction of sp³-hybridized carbons (Fsp3) is 0.143. The van der Waals surface area contributed by atoms with Crippen molar-refractivity contribution in [3.63, 3.8) is 0 Å². The van der Waals surface area contributed by atoms with Gasteiger partial charge in [0.25, 0.3) is 0 Å². The molecular formula is C14H11BrCl2. The van der Waals surface area contributed by atoms with E-state index in [1.165, 1.54) is 0 Å². The van der Waals surface area contributed by atoms with Gasteiger partial charge in [-0.05, 0) is 35.7 Å². The monoisotopic (exact) mass is 328 g/mol. The highest BCUT2D eigenvalue weighted by molar-refractivity contribution is 9.10. The van der Waals surface area contributed by atoms with Crippen molar-refractivity contribution in [2.75, 3.05) is 0 Å². The zero-order valence-corrected chi connectivity index (χ0v) is 12.1. The van der Waals surface area contributed by atoms with E-state index in [2.05, 4.69) is 15.9 Å². The number of halogens is 3. The molecule has 0 radical (unpaired) electrons. The van der Waals surface area contributed by atoms with Gasteiger partial charge in [-0.2, -0.15) is 0 Å². The van der Waals surface area contributed by atoms with Gasteiger partial charge in [-0.25, -0.2) is 0 Å². The standard InChI is InChI=1S/C14H11BrCl2/c15-13-7-2-1-6-12(13)14(17)9-10-4-3-5-11(16)8-10/h1-8,14H,9H2. The molecule has 0 N–H and O–H groups in total. The summed E-state index contributed by atoms with van der Waals surface area (Å²) < 4.78 is 1.04. The Morgan fingerprint density at radius 2 is 1.82 bits per heavy atom. The number of hydrogen-bond donors (Lipinski definition) is 0. The van der Waals surface area contributed by atoms with Crippen molar-refractivity contribution in [2.24, 2.45) is 0 Å². The van der Waals surface area contributed by atoms with Crippen molar-refractivity contribution >= 4 is 39.1 Å². The third-order valence-electron chi connectivity index (χ3n) is 2.55. The summed E-state index contributed by atoms with van der Waals surface area (Å²) in [6.07, 6.45) is 0.769. The third kappa shape index (κ3) is 3.48. The molecule has 0 bridgehead atoms. The maximum absolute atomic E-state index is 6.43. The van der Waals surface area contributed by atoms with Gasteiger partial charge in [0.1, 0.15) is 0 Å². The lowest BCUT2D eigenvalue weighted by molar-refractivity contribution is 0.915. The molecule has 0 amide bonds. The first-order chi connectivity index (χ1) is 8.16. The summed E-state index contributed by atoms with van der Waals surface area (Å²) in [5, 5.41) is 0.697. The second kappa shape index (κ2) is 5.90. The van der Waals surface area contributed by atoms with Gasteiger partial charge in [0.15, 0.2) is 0 Å². The molecule has 0 aliphatic carbocycles. The average molecular weight is 330 g/mol. The highest BCUT2D eigenvalue weighted by Gasteiger charge is 2.11. The molecule has 1 atom stereocenters. The molecule has 88 valence electrons. The molecule has 3 heteroatoms. The molecule has 0 fully saturated rings. The van der Waals surface area contributed by atoms with Gasteiger partial charge in [-0.3, -0.25) is 0 Å². The van der Waals surface area contributed by atoms with E-state index in [-0.39, 0.29) is 5.38 Å². The molecule has 2 rings (SSSR count). The van der Waals surface area contributed by atoms with Crippen molar-refractivity contribution in [1.82, 2.24) is 0 Å². The van der Waals surface area contributed by atoms with Crippen LogP contribution in [0.2, 0.25) is 5.02 Å². The van der Waals surface area contributed by atoms with Crippen LogP contribution in [0.4, 0.5) is 0 Å². The number of rotatable bonds is 3. The Morgan fingerprint density at radius 3 is 2.53 bits per heavy atom. The first-order valence-electron chi connectivity index (χ1n) is 5.30. The first-order valence-corrected chi connectivity index (χ1v) is 6.90. The van der Waals surface area contributed by atoms with Gasteiger partial charge >= 0.3 is 0 Å². The molecule has 0 saturated carbocycles. The Kier molecular flexibility index (Phi) is 4.49. The molecule has 0 aliphatic rings. The Balaban J connectivity index is 2.17. The smallest absolute Gasteiger partial charge is 0.0636 e. The predicted molar refractivity (Wildman–Crippen MR) is 77.9 cm³/mol. The van der Waals surface area contributed by atoms with Gasteiger partial charge < -0.3 is 0 Å². The van der Waals surface area contributed by atoms with Crippen LogP contribution in [0.3, 0.4) is 0 Å². The van der Waals surface area contributed by atoms with E-state index in [1.807, 2.05) is 48.5 Å². The second-order valence-corrected chi connectivity index (χ2v) is 5.64. The summed E-state index contributed by atoms with van der Waals surface area (Å²) in [5.74, 6) is 0. The number of hydrogen-bond acceptors (Lipinski definition) is 0. The third-order valence-corrected chi connectivity index (χ3v) is 3.89. The Morgan fingerprint density at radius 1 is 1.06 bits per heavy atom. The molecule has 0 aromatic heterocycles. The van der Waals surface area contributed by atoms with E-state index in [0.29, 0.717) is 0 Å². The lowest BCUT2D eigenvalue weighted by Gasteiger charge is -2.12. The van der Waals surface area contributed by atoms with Gasteiger partial charge in [0.05, 0.1) is 5.38 Å². The van der Waals surface area contributed by atoms with Gasteiger partial charge in [0, 0.05) is 9.50 Å². The number of benzene rings is 2. The molecule has 0 heterocycles. The zero-order valence-electron chi connectivity index (χ0n) is 9.04. The molecule has 0 saturated heterocycles. The lowest BCUT2D eigenvalue weighted by atomic mass is 10.0. The molecule has 0 aliphatic heterocycles. The van der Waals surface area contributed by atoms with Crippen LogP contribution >= 0.6 is 39.1 Å². The summed E-state index contributed by atoms with van der Waals surface area (Å²) in [7, 11) is 0. The topological polar surface area (TPSA) is 0 Å². The van der Waals surface area contributed by atoms with Crippen LogP contribution in [-0.4, -0.2) is 0 Å². The lowest BCUT2D eigenvalue weighted by Crippen LogP contribution is -1.96. The fourth-order valence-corrected chi connectivity index (χ4v) is 2.98. The first kappa shape index (κ1) is 12.9. The summed E-state index contributed by atoms with van der Waals surface area (Å²) in [4.78, 5) is 0. The van der Waals surface area contributed by atoms with Gasteiger partial charge in [0.2, 0.25) is 0 Å². The van der Waals surface area contributed by atoms with Crippen molar-refractivity contribution in [3.05, 3.63) is 69.2 Å². The average Bonchev–Trinajstić information content (AvgIpc) is 2.29. The van der Waals surface area contributed by atoms with Crippen molar-refractivity contribution in [3.8, 4) is 0 Å². The van der Waals surface area contributed by atoms with Crippen LogP contribution in [0.5, 0.6) is 0 Å². The molecular weight excluding hydrogens is 319 g/mol. The van der Waals surface area contributed by atoms with E-state index in [9.17, 15) is 0 Å². The highest BCUT2D eigenvalue weighted by atomic mass is 79.9. The zero-order chi connectivity index (χ0) is 12.3. The van der Waals surface area contributed by atoms with Crippen LogP contribution in [0.1, 0.15) is 16.5 Å². The van der Waals surface area contributed by atoms with Crippen molar-refractivity contribution < 1.29 is 0 Å². The van der Waals surface area contributed by atoms with Crippen LogP contribution < -0.4 is 0 Å². The maximum atomic E-state index is 6.43. The largest absolute Gasteiger partial charge is 0.117 e. The normalized spacial score (nSPS) is 12.4. The van der Waals surface area contributed by atoms with Crippen molar-refractivity contribution in [1.29, 1.82) is 0 Å². The molecule has 17 heavy (non-hydrogen) atoms. The molecule has 2 aromatic carbocycles. The fourth-order valence-electron chi connectivity index (χ4n) is 1.71. The molecule has 0 nitrogen and oxygen atoms in total. The van der Waals surface area contributed by atoms with E-state index in [1.54, 1.807) is 0 Å². The van der Waals surface area contributed by atoms with Gasteiger partial charge in [-0.1, -0.05) is 57.9 Å². The minimum Gasteiger partial charge on any atom is -0.117 e. The summed E-state index contributed by atoms with van der Waals surface area (Å²) >= 11 is 15.9.